The number of hydrogen-bond acceptors (Lipinski definition) is 6. The molecule has 7 heteroatoms. The summed E-state index contributed by atoms with van der Waals surface area (Å²) < 4.78 is 0. The van der Waals surface area contributed by atoms with Crippen molar-refractivity contribution in [3.05, 3.63) is 108 Å². The minimum atomic E-state index is -0.184. The summed E-state index contributed by atoms with van der Waals surface area (Å²) in [6, 6.07) is 26.0. The molecule has 3 aromatic rings. The Morgan fingerprint density at radius 1 is 0.839 bits per heavy atom. The van der Waals surface area contributed by atoms with Gasteiger partial charge in [-0.2, -0.15) is 0 Å². The van der Waals surface area contributed by atoms with Crippen LogP contribution in [0, 0.1) is 5.41 Å². The molecule has 7 nitrogen and oxygen atoms in total. The van der Waals surface area contributed by atoms with Crippen LogP contribution in [-0.2, 0) is 0 Å². The zero-order valence-electron chi connectivity index (χ0n) is 16.8. The van der Waals surface area contributed by atoms with Crippen molar-refractivity contribution in [3.63, 3.8) is 0 Å². The van der Waals surface area contributed by atoms with Gasteiger partial charge >= 0.3 is 0 Å². The first-order valence-corrected chi connectivity index (χ1v) is 10.0. The summed E-state index contributed by atoms with van der Waals surface area (Å²) in [5.41, 5.74) is 21.3. The maximum Gasteiger partial charge on any atom is 0.168 e. The lowest BCUT2D eigenvalue weighted by molar-refractivity contribution is 0.380. The average molecular weight is 409 g/mol. The molecule has 2 aliphatic heterocycles. The van der Waals surface area contributed by atoms with Crippen molar-refractivity contribution in [2.75, 3.05) is 10.6 Å². The first-order valence-electron chi connectivity index (χ1n) is 10.0. The number of hydrazine groups is 1. The Balaban J connectivity index is 1.40. The molecule has 5 rings (SSSR count). The van der Waals surface area contributed by atoms with E-state index in [-0.39, 0.29) is 17.6 Å². The number of nitrogens with zero attached hydrogens (tertiary/aromatic N) is 1. The van der Waals surface area contributed by atoms with Crippen molar-refractivity contribution >= 4 is 17.2 Å². The molecular weight excluding hydrogens is 386 g/mol. The fraction of sp³-hybridized carbons (Fsp3) is 0.0417. The van der Waals surface area contributed by atoms with Crippen LogP contribution in [-0.4, -0.2) is 10.8 Å². The predicted octanol–water partition coefficient (Wildman–Crippen LogP) is 3.66. The summed E-state index contributed by atoms with van der Waals surface area (Å²) in [6.45, 7) is 0. The smallest absolute Gasteiger partial charge is 0.168 e. The number of anilines is 2. The summed E-state index contributed by atoms with van der Waals surface area (Å²) in [5, 5.41) is 16.6. The fourth-order valence-electron chi connectivity index (χ4n) is 3.87. The van der Waals surface area contributed by atoms with E-state index in [1.54, 1.807) is 0 Å². The van der Waals surface area contributed by atoms with E-state index in [1.807, 2.05) is 60.7 Å². The number of para-hydroxylation sites is 2. The Kier molecular flexibility index (Phi) is 4.57. The molecular formula is C24H23N7. The summed E-state index contributed by atoms with van der Waals surface area (Å²) in [6.07, 6.45) is 1.90. The highest BCUT2D eigenvalue weighted by atomic mass is 15.6. The zero-order chi connectivity index (χ0) is 21.4. The van der Waals surface area contributed by atoms with Crippen molar-refractivity contribution in [1.82, 2.24) is 10.4 Å². The van der Waals surface area contributed by atoms with Crippen LogP contribution in [0.25, 0.3) is 11.1 Å². The number of benzene rings is 3. The van der Waals surface area contributed by atoms with Crippen molar-refractivity contribution < 1.29 is 0 Å². The molecule has 31 heavy (non-hydrogen) atoms. The molecule has 0 radical (unpaired) electrons. The summed E-state index contributed by atoms with van der Waals surface area (Å²) >= 11 is 0. The van der Waals surface area contributed by atoms with E-state index in [1.165, 1.54) is 5.01 Å². The van der Waals surface area contributed by atoms with Gasteiger partial charge in [-0.3, -0.25) is 5.41 Å². The van der Waals surface area contributed by atoms with E-state index in [0.29, 0.717) is 11.6 Å². The molecule has 1 atom stereocenters. The highest BCUT2D eigenvalue weighted by Crippen LogP contribution is 2.33. The number of nitrogens with two attached hydrogens (primary N) is 2. The molecule has 8 N–H and O–H groups in total. The number of hydrogen-bond donors (Lipinski definition) is 6. The van der Waals surface area contributed by atoms with E-state index in [0.717, 1.165) is 28.1 Å². The quantitative estimate of drug-likeness (QED) is 0.291. The van der Waals surface area contributed by atoms with Gasteiger partial charge in [-0.05, 0) is 34.9 Å². The average Bonchev–Trinajstić information content (AvgIpc) is 3.42. The van der Waals surface area contributed by atoms with Crippen LogP contribution in [0.15, 0.2) is 102 Å². The van der Waals surface area contributed by atoms with Gasteiger partial charge in [-0.1, -0.05) is 66.7 Å². The van der Waals surface area contributed by atoms with Crippen LogP contribution < -0.4 is 27.5 Å². The van der Waals surface area contributed by atoms with Crippen LogP contribution in [0.2, 0.25) is 0 Å². The van der Waals surface area contributed by atoms with Crippen LogP contribution >= 0.6 is 0 Å². The third kappa shape index (κ3) is 3.37. The molecule has 1 unspecified atom stereocenters. The van der Waals surface area contributed by atoms with Gasteiger partial charge in [0, 0.05) is 0 Å². The van der Waals surface area contributed by atoms with Crippen molar-refractivity contribution in [2.45, 2.75) is 6.04 Å². The molecule has 0 saturated carbocycles. The van der Waals surface area contributed by atoms with E-state index in [9.17, 15) is 0 Å². The number of rotatable bonds is 3. The Morgan fingerprint density at radius 3 is 2.16 bits per heavy atom. The molecule has 0 fully saturated rings. The highest BCUT2D eigenvalue weighted by Gasteiger charge is 2.29. The van der Waals surface area contributed by atoms with Crippen LogP contribution in [0.3, 0.4) is 0 Å². The van der Waals surface area contributed by atoms with Gasteiger partial charge in [0.2, 0.25) is 0 Å². The van der Waals surface area contributed by atoms with Gasteiger partial charge in [0.1, 0.15) is 17.3 Å². The largest absolute Gasteiger partial charge is 0.393 e. The van der Waals surface area contributed by atoms with Gasteiger partial charge in [0.25, 0.3) is 0 Å². The van der Waals surface area contributed by atoms with Crippen molar-refractivity contribution in [3.8, 4) is 11.1 Å². The second kappa shape index (κ2) is 7.55. The lowest BCUT2D eigenvalue weighted by atomic mass is 9.95. The first-order chi connectivity index (χ1) is 15.1. The molecule has 0 spiro atoms. The predicted molar refractivity (Wildman–Crippen MR) is 124 cm³/mol. The van der Waals surface area contributed by atoms with Gasteiger partial charge in [0.05, 0.1) is 17.4 Å². The first kappa shape index (κ1) is 18.8. The lowest BCUT2D eigenvalue weighted by Gasteiger charge is -2.24. The molecule has 2 aliphatic rings. The molecule has 0 aromatic heterocycles. The summed E-state index contributed by atoms with van der Waals surface area (Å²) in [5.74, 6) is 1.06. The normalized spacial score (nSPS) is 16.9. The van der Waals surface area contributed by atoms with Gasteiger partial charge in [0.15, 0.2) is 5.84 Å². The third-order valence-corrected chi connectivity index (χ3v) is 5.44. The monoisotopic (exact) mass is 409 g/mol. The maximum atomic E-state index is 8.64. The molecule has 0 aliphatic carbocycles. The maximum absolute atomic E-state index is 8.64. The van der Waals surface area contributed by atoms with Crippen LogP contribution in [0.4, 0.5) is 11.4 Å². The molecule has 154 valence electrons. The van der Waals surface area contributed by atoms with Crippen molar-refractivity contribution in [1.29, 1.82) is 5.41 Å². The van der Waals surface area contributed by atoms with Gasteiger partial charge < -0.3 is 22.1 Å². The highest BCUT2D eigenvalue weighted by molar-refractivity contribution is 5.99. The van der Waals surface area contributed by atoms with E-state index < -0.39 is 0 Å². The lowest BCUT2D eigenvalue weighted by Crippen LogP contribution is -2.43. The van der Waals surface area contributed by atoms with E-state index >= 15 is 0 Å². The Morgan fingerprint density at radius 2 is 1.45 bits per heavy atom. The second-order valence-electron chi connectivity index (χ2n) is 7.42. The number of nitrogens with one attached hydrogen (secondary N) is 4. The Bertz CT molecular complexity index is 1190. The van der Waals surface area contributed by atoms with E-state index in [2.05, 4.69) is 40.3 Å². The fourth-order valence-corrected chi connectivity index (χ4v) is 3.87. The molecule has 0 bridgehead atoms. The van der Waals surface area contributed by atoms with E-state index in [4.69, 9.17) is 16.9 Å². The SMILES string of the molecule is N=C(C(N)=C1Nc2ccccc2N1)N1NC(c2ccccc2-c2ccccc2)C=C1N. The third-order valence-electron chi connectivity index (χ3n) is 5.44. The van der Waals surface area contributed by atoms with Gasteiger partial charge in [-0.25, -0.2) is 10.4 Å². The van der Waals surface area contributed by atoms with Gasteiger partial charge in [-0.15, -0.1) is 0 Å². The van der Waals surface area contributed by atoms with Crippen molar-refractivity contribution in [2.24, 2.45) is 11.5 Å². The Hall–Kier alpha value is -4.23. The summed E-state index contributed by atoms with van der Waals surface area (Å²) in [4.78, 5) is 0. The summed E-state index contributed by atoms with van der Waals surface area (Å²) in [7, 11) is 0. The minimum absolute atomic E-state index is 0.0660. The standard InChI is InChI=1S/C24H23N7/c25-21-14-20(17-11-5-4-10-16(17)15-8-2-1-3-9-15)30-31(21)23(27)22(26)24-28-18-12-6-7-13-19(18)29-24/h1-14,20,27-30H,25-26H2. The molecule has 0 saturated heterocycles. The second-order valence-corrected chi connectivity index (χ2v) is 7.42. The topological polar surface area (TPSA) is 115 Å². The molecule has 3 aromatic carbocycles. The number of fused-ring (bicyclic) bond motifs is 1. The molecule has 0 amide bonds. The minimum Gasteiger partial charge on any atom is -0.393 e. The molecule has 2 heterocycles. The van der Waals surface area contributed by atoms with Crippen LogP contribution in [0.5, 0.6) is 0 Å². The van der Waals surface area contributed by atoms with Crippen LogP contribution in [0.1, 0.15) is 11.6 Å². The number of amidine groups is 1. The zero-order valence-corrected chi connectivity index (χ0v) is 16.8. The Labute approximate surface area is 180 Å².